The molecule has 128 valence electrons. The van der Waals surface area contributed by atoms with Gasteiger partial charge in [0.2, 0.25) is 5.91 Å². The number of hydrogen-bond acceptors (Lipinski definition) is 4. The van der Waals surface area contributed by atoms with Crippen LogP contribution in [0.15, 0.2) is 0 Å². The molecule has 6 nitrogen and oxygen atoms in total. The van der Waals surface area contributed by atoms with Gasteiger partial charge in [0, 0.05) is 26.2 Å². The first-order valence-electron chi connectivity index (χ1n) is 7.95. The summed E-state index contributed by atoms with van der Waals surface area (Å²) < 4.78 is 10.5. The lowest BCUT2D eigenvalue weighted by Crippen LogP contribution is -2.49. The third-order valence-corrected chi connectivity index (χ3v) is 3.97. The van der Waals surface area contributed by atoms with Crippen molar-refractivity contribution in [3.63, 3.8) is 0 Å². The zero-order valence-electron chi connectivity index (χ0n) is 14.6. The Bertz CT molecular complexity index is 384. The van der Waals surface area contributed by atoms with Crippen molar-refractivity contribution >= 4 is 12.0 Å². The van der Waals surface area contributed by atoms with Crippen molar-refractivity contribution in [2.75, 3.05) is 20.2 Å². The highest BCUT2D eigenvalue weighted by Crippen LogP contribution is 2.17. The Morgan fingerprint density at radius 3 is 2.18 bits per heavy atom. The molecule has 1 aliphatic rings. The van der Waals surface area contributed by atoms with E-state index in [2.05, 4.69) is 5.32 Å². The maximum Gasteiger partial charge on any atom is 0.407 e. The number of alkyl carbamates (subject to hydrolysis) is 1. The van der Waals surface area contributed by atoms with Gasteiger partial charge in [-0.05, 0) is 40.5 Å². The van der Waals surface area contributed by atoms with E-state index in [1.54, 1.807) is 7.11 Å². The Kier molecular flexibility index (Phi) is 6.66. The van der Waals surface area contributed by atoms with Gasteiger partial charge in [-0.25, -0.2) is 4.79 Å². The van der Waals surface area contributed by atoms with Gasteiger partial charge in [-0.3, -0.25) is 4.79 Å². The van der Waals surface area contributed by atoms with Crippen molar-refractivity contribution in [3.8, 4) is 0 Å². The first kappa shape index (κ1) is 18.7. The molecule has 2 unspecified atom stereocenters. The third-order valence-electron chi connectivity index (χ3n) is 3.97. The van der Waals surface area contributed by atoms with Crippen molar-refractivity contribution in [2.45, 2.75) is 65.2 Å². The average Bonchev–Trinajstić information content (AvgIpc) is 2.43. The van der Waals surface area contributed by atoms with Crippen molar-refractivity contribution in [1.82, 2.24) is 10.2 Å². The summed E-state index contributed by atoms with van der Waals surface area (Å²) >= 11 is 0. The number of hydrogen-bond donors (Lipinski definition) is 1. The van der Waals surface area contributed by atoms with Crippen LogP contribution in [0.2, 0.25) is 0 Å². The number of ether oxygens (including phenoxy) is 2. The number of methoxy groups -OCH3 is 1. The fraction of sp³-hybridized carbons (Fsp3) is 0.875. The van der Waals surface area contributed by atoms with Gasteiger partial charge < -0.3 is 19.7 Å². The van der Waals surface area contributed by atoms with Crippen LogP contribution in [-0.2, 0) is 14.3 Å². The molecule has 0 aromatic rings. The standard InChI is InChI=1S/C16H30N2O4/c1-11(12(2)17-15(20)22-16(3,4)5)14(19)18-9-7-13(21-6)8-10-18/h11-13H,7-10H2,1-6H3,(H,17,20). The van der Waals surface area contributed by atoms with Gasteiger partial charge in [-0.1, -0.05) is 6.92 Å². The van der Waals surface area contributed by atoms with E-state index in [0.29, 0.717) is 13.1 Å². The molecule has 1 N–H and O–H groups in total. The van der Waals surface area contributed by atoms with E-state index in [1.165, 1.54) is 0 Å². The molecule has 0 aromatic carbocycles. The molecule has 0 aliphatic carbocycles. The van der Waals surface area contributed by atoms with E-state index in [-0.39, 0.29) is 24.0 Å². The summed E-state index contributed by atoms with van der Waals surface area (Å²) in [6.07, 6.45) is 1.49. The molecule has 1 heterocycles. The Labute approximate surface area is 133 Å². The molecule has 1 rings (SSSR count). The number of nitrogens with one attached hydrogen (secondary N) is 1. The Morgan fingerprint density at radius 2 is 1.73 bits per heavy atom. The molecule has 2 amide bonds. The lowest BCUT2D eigenvalue weighted by atomic mass is 9.99. The third kappa shape index (κ3) is 5.83. The van der Waals surface area contributed by atoms with Gasteiger partial charge >= 0.3 is 6.09 Å². The predicted octanol–water partition coefficient (Wildman–Crippen LogP) is 2.17. The monoisotopic (exact) mass is 314 g/mol. The van der Waals surface area contributed by atoms with Crippen LogP contribution in [0.3, 0.4) is 0 Å². The lowest BCUT2D eigenvalue weighted by molar-refractivity contribution is -0.138. The van der Waals surface area contributed by atoms with Gasteiger partial charge in [-0.2, -0.15) is 0 Å². The second-order valence-electron chi connectivity index (χ2n) is 6.98. The van der Waals surface area contributed by atoms with Crippen molar-refractivity contribution in [2.24, 2.45) is 5.92 Å². The van der Waals surface area contributed by atoms with Crippen LogP contribution in [-0.4, -0.2) is 54.8 Å². The molecule has 0 saturated carbocycles. The number of piperidine rings is 1. The van der Waals surface area contributed by atoms with Gasteiger partial charge in [0.15, 0.2) is 0 Å². The highest BCUT2D eigenvalue weighted by Gasteiger charge is 2.30. The maximum absolute atomic E-state index is 12.5. The molecule has 0 aromatic heterocycles. The van der Waals surface area contributed by atoms with Crippen LogP contribution in [0.25, 0.3) is 0 Å². The van der Waals surface area contributed by atoms with Crippen molar-refractivity contribution < 1.29 is 19.1 Å². The number of carbonyl (C=O) groups excluding carboxylic acids is 2. The second-order valence-corrected chi connectivity index (χ2v) is 6.98. The molecule has 2 atom stereocenters. The fourth-order valence-electron chi connectivity index (χ4n) is 2.43. The summed E-state index contributed by atoms with van der Waals surface area (Å²) in [5.41, 5.74) is -0.543. The highest BCUT2D eigenvalue weighted by molar-refractivity contribution is 5.80. The second kappa shape index (κ2) is 7.81. The van der Waals surface area contributed by atoms with Crippen LogP contribution in [0.4, 0.5) is 4.79 Å². The molecule has 1 aliphatic heterocycles. The predicted molar refractivity (Wildman–Crippen MR) is 84.6 cm³/mol. The minimum absolute atomic E-state index is 0.0677. The maximum atomic E-state index is 12.5. The van der Waals surface area contributed by atoms with E-state index in [1.807, 2.05) is 39.5 Å². The minimum atomic E-state index is -0.543. The molecule has 1 fully saturated rings. The van der Waals surface area contributed by atoms with E-state index in [0.717, 1.165) is 12.8 Å². The van der Waals surface area contributed by atoms with Crippen molar-refractivity contribution in [1.29, 1.82) is 0 Å². The van der Waals surface area contributed by atoms with Gasteiger partial charge in [0.25, 0.3) is 0 Å². The largest absolute Gasteiger partial charge is 0.444 e. The molecular weight excluding hydrogens is 284 g/mol. The minimum Gasteiger partial charge on any atom is -0.444 e. The molecule has 0 bridgehead atoms. The number of carbonyl (C=O) groups is 2. The SMILES string of the molecule is COC1CCN(C(=O)C(C)C(C)NC(=O)OC(C)(C)C)CC1. The van der Waals surface area contributed by atoms with Crippen LogP contribution in [0.1, 0.15) is 47.5 Å². The van der Waals surface area contributed by atoms with Gasteiger partial charge in [-0.15, -0.1) is 0 Å². The number of amides is 2. The van der Waals surface area contributed by atoms with Crippen LogP contribution in [0.5, 0.6) is 0 Å². The number of nitrogens with zero attached hydrogens (tertiary/aromatic N) is 1. The van der Waals surface area contributed by atoms with Crippen LogP contribution in [0, 0.1) is 5.92 Å². The van der Waals surface area contributed by atoms with E-state index in [9.17, 15) is 9.59 Å². The van der Waals surface area contributed by atoms with E-state index >= 15 is 0 Å². The van der Waals surface area contributed by atoms with Crippen molar-refractivity contribution in [3.05, 3.63) is 0 Å². The van der Waals surface area contributed by atoms with E-state index in [4.69, 9.17) is 9.47 Å². The zero-order valence-corrected chi connectivity index (χ0v) is 14.6. The van der Waals surface area contributed by atoms with Gasteiger partial charge in [0.1, 0.15) is 5.60 Å². The molecule has 0 spiro atoms. The molecule has 0 radical (unpaired) electrons. The Morgan fingerprint density at radius 1 is 1.18 bits per heavy atom. The van der Waals surface area contributed by atoms with E-state index < -0.39 is 11.7 Å². The number of rotatable bonds is 4. The molecule has 1 saturated heterocycles. The highest BCUT2D eigenvalue weighted by atomic mass is 16.6. The Hall–Kier alpha value is -1.30. The summed E-state index contributed by atoms with van der Waals surface area (Å²) in [7, 11) is 1.71. The fourth-order valence-corrected chi connectivity index (χ4v) is 2.43. The summed E-state index contributed by atoms with van der Waals surface area (Å²) in [5.74, 6) is -0.218. The average molecular weight is 314 g/mol. The quantitative estimate of drug-likeness (QED) is 0.863. The summed E-state index contributed by atoms with van der Waals surface area (Å²) in [4.78, 5) is 26.1. The summed E-state index contributed by atoms with van der Waals surface area (Å²) in [6.45, 7) is 10.5. The first-order chi connectivity index (χ1) is 10.1. The number of likely N-dealkylation sites (tertiary alicyclic amines) is 1. The van der Waals surface area contributed by atoms with Crippen LogP contribution >= 0.6 is 0 Å². The summed E-state index contributed by atoms with van der Waals surface area (Å²) in [5, 5.41) is 2.74. The van der Waals surface area contributed by atoms with Gasteiger partial charge in [0.05, 0.1) is 12.0 Å². The lowest BCUT2D eigenvalue weighted by Gasteiger charge is -2.34. The first-order valence-corrected chi connectivity index (χ1v) is 7.95. The van der Waals surface area contributed by atoms with Crippen LogP contribution < -0.4 is 5.32 Å². The normalized spacial score (nSPS) is 19.5. The zero-order chi connectivity index (χ0) is 16.9. The smallest absolute Gasteiger partial charge is 0.407 e. The molecule has 22 heavy (non-hydrogen) atoms. The Balaban J connectivity index is 2.47. The topological polar surface area (TPSA) is 67.9 Å². The summed E-state index contributed by atoms with van der Waals surface area (Å²) in [6, 6.07) is -0.275. The molecular formula is C16H30N2O4. The molecule has 6 heteroatoms.